The third kappa shape index (κ3) is 3.55. The number of rotatable bonds is 4. The van der Waals surface area contributed by atoms with Crippen molar-refractivity contribution in [1.29, 1.82) is 0 Å². The Kier molecular flexibility index (Phi) is 5.87. The van der Waals surface area contributed by atoms with Crippen molar-refractivity contribution in [3.63, 3.8) is 0 Å². The number of aromatic hydroxyl groups is 1. The Labute approximate surface area is 104 Å². The minimum Gasteiger partial charge on any atom is -0.505 e. The second-order valence-corrected chi connectivity index (χ2v) is 3.38. The van der Waals surface area contributed by atoms with Crippen molar-refractivity contribution in [2.45, 2.75) is 12.5 Å². The summed E-state index contributed by atoms with van der Waals surface area (Å²) in [5.74, 6) is -2.89. The van der Waals surface area contributed by atoms with Crippen LogP contribution in [0, 0.1) is 5.82 Å². The SMILES string of the molecule is Cl.NCC[C@@H](N)c1cc(C(=O)O)cc(F)c1O. The van der Waals surface area contributed by atoms with E-state index in [1.807, 2.05) is 0 Å². The van der Waals surface area contributed by atoms with Crippen molar-refractivity contribution in [3.05, 3.63) is 29.1 Å². The number of halogens is 2. The maximum absolute atomic E-state index is 13.2. The third-order valence-corrected chi connectivity index (χ3v) is 2.22. The molecule has 0 saturated carbocycles. The van der Waals surface area contributed by atoms with Crippen LogP contribution in [0.2, 0.25) is 0 Å². The average Bonchev–Trinajstić information content (AvgIpc) is 2.21. The van der Waals surface area contributed by atoms with Crippen molar-refractivity contribution in [2.75, 3.05) is 6.54 Å². The van der Waals surface area contributed by atoms with Gasteiger partial charge in [-0.2, -0.15) is 0 Å². The number of phenolic OH excluding ortho intramolecular Hbond substituents is 1. The lowest BCUT2D eigenvalue weighted by atomic mass is 10.0. The van der Waals surface area contributed by atoms with Crippen LogP contribution in [0.4, 0.5) is 4.39 Å². The summed E-state index contributed by atoms with van der Waals surface area (Å²) in [6.07, 6.45) is 0.329. The normalized spacial score (nSPS) is 11.7. The number of benzene rings is 1. The van der Waals surface area contributed by atoms with Gasteiger partial charge < -0.3 is 21.7 Å². The van der Waals surface area contributed by atoms with Gasteiger partial charge in [0.15, 0.2) is 11.6 Å². The van der Waals surface area contributed by atoms with Gasteiger partial charge in [0.1, 0.15) is 0 Å². The molecule has 0 aliphatic heterocycles. The van der Waals surface area contributed by atoms with Crippen molar-refractivity contribution >= 4 is 18.4 Å². The van der Waals surface area contributed by atoms with Crippen molar-refractivity contribution in [2.24, 2.45) is 11.5 Å². The van der Waals surface area contributed by atoms with E-state index in [9.17, 15) is 14.3 Å². The van der Waals surface area contributed by atoms with Crippen LogP contribution in [0.5, 0.6) is 5.75 Å². The molecule has 1 aromatic rings. The molecular formula is C10H14ClFN2O3. The molecule has 1 rings (SSSR count). The topological polar surface area (TPSA) is 110 Å². The summed E-state index contributed by atoms with van der Waals surface area (Å²) in [6, 6.07) is 1.22. The van der Waals surface area contributed by atoms with Crippen LogP contribution in [0.3, 0.4) is 0 Å². The third-order valence-electron chi connectivity index (χ3n) is 2.22. The highest BCUT2D eigenvalue weighted by molar-refractivity contribution is 5.88. The van der Waals surface area contributed by atoms with Gasteiger partial charge in [0.05, 0.1) is 5.56 Å². The van der Waals surface area contributed by atoms with E-state index >= 15 is 0 Å². The fraction of sp³-hybridized carbons (Fsp3) is 0.300. The van der Waals surface area contributed by atoms with Gasteiger partial charge in [0.2, 0.25) is 0 Å². The van der Waals surface area contributed by atoms with Crippen LogP contribution in [0.1, 0.15) is 28.4 Å². The Balaban J connectivity index is 0.00000256. The van der Waals surface area contributed by atoms with E-state index in [2.05, 4.69) is 0 Å². The summed E-state index contributed by atoms with van der Waals surface area (Å²) < 4.78 is 13.2. The highest BCUT2D eigenvalue weighted by Gasteiger charge is 2.17. The first kappa shape index (κ1) is 15.6. The predicted octanol–water partition coefficient (Wildman–Crippen LogP) is 1.000. The number of hydrogen-bond donors (Lipinski definition) is 4. The molecule has 0 unspecified atom stereocenters. The van der Waals surface area contributed by atoms with E-state index in [0.29, 0.717) is 6.42 Å². The molecule has 6 N–H and O–H groups in total. The van der Waals surface area contributed by atoms with Gasteiger partial charge in [-0.15, -0.1) is 12.4 Å². The van der Waals surface area contributed by atoms with E-state index in [1.165, 1.54) is 0 Å². The molecule has 0 spiro atoms. The van der Waals surface area contributed by atoms with Crippen molar-refractivity contribution in [3.8, 4) is 5.75 Å². The Bertz CT molecular complexity index is 415. The minimum absolute atomic E-state index is 0. The zero-order valence-electron chi connectivity index (χ0n) is 8.89. The molecule has 0 fully saturated rings. The summed E-state index contributed by atoms with van der Waals surface area (Å²) in [5, 5.41) is 18.1. The first-order valence-electron chi connectivity index (χ1n) is 4.68. The molecule has 0 amide bonds. The van der Waals surface area contributed by atoms with Crippen LogP contribution < -0.4 is 11.5 Å². The number of nitrogens with two attached hydrogens (primary N) is 2. The Morgan fingerprint density at radius 2 is 2.06 bits per heavy atom. The van der Waals surface area contributed by atoms with Gasteiger partial charge in [-0.1, -0.05) is 0 Å². The Morgan fingerprint density at radius 3 is 2.53 bits per heavy atom. The number of carbonyl (C=O) groups is 1. The predicted molar refractivity (Wildman–Crippen MR) is 62.9 cm³/mol. The van der Waals surface area contributed by atoms with E-state index in [-0.39, 0.29) is 30.1 Å². The van der Waals surface area contributed by atoms with Crippen LogP contribution in [-0.4, -0.2) is 22.7 Å². The molecule has 0 bridgehead atoms. The Morgan fingerprint density at radius 1 is 1.47 bits per heavy atom. The number of phenols is 1. The second kappa shape index (κ2) is 6.39. The summed E-state index contributed by atoms with van der Waals surface area (Å²) >= 11 is 0. The maximum Gasteiger partial charge on any atom is 0.335 e. The van der Waals surface area contributed by atoms with Gasteiger partial charge in [0, 0.05) is 11.6 Å². The lowest BCUT2D eigenvalue weighted by Crippen LogP contribution is -2.16. The van der Waals surface area contributed by atoms with E-state index in [4.69, 9.17) is 16.6 Å². The molecule has 0 aliphatic rings. The highest BCUT2D eigenvalue weighted by Crippen LogP contribution is 2.28. The molecule has 0 aromatic heterocycles. The molecule has 0 saturated heterocycles. The van der Waals surface area contributed by atoms with Crippen LogP contribution in [0.15, 0.2) is 12.1 Å². The minimum atomic E-state index is -1.28. The lowest BCUT2D eigenvalue weighted by molar-refractivity contribution is 0.0696. The molecule has 1 aromatic carbocycles. The molecule has 1 atom stereocenters. The lowest BCUT2D eigenvalue weighted by Gasteiger charge is -2.13. The molecule has 0 heterocycles. The number of hydrogen-bond acceptors (Lipinski definition) is 4. The smallest absolute Gasteiger partial charge is 0.335 e. The molecule has 96 valence electrons. The van der Waals surface area contributed by atoms with Crippen LogP contribution in [0.25, 0.3) is 0 Å². The highest BCUT2D eigenvalue weighted by atomic mass is 35.5. The van der Waals surface area contributed by atoms with Gasteiger partial charge in [0.25, 0.3) is 0 Å². The van der Waals surface area contributed by atoms with Gasteiger partial charge >= 0.3 is 5.97 Å². The quantitative estimate of drug-likeness (QED) is 0.649. The van der Waals surface area contributed by atoms with Gasteiger partial charge in [-0.05, 0) is 25.1 Å². The summed E-state index contributed by atoms with van der Waals surface area (Å²) in [5.41, 5.74) is 10.7. The molecule has 0 radical (unpaired) electrons. The van der Waals surface area contributed by atoms with Crippen LogP contribution >= 0.6 is 12.4 Å². The average molecular weight is 265 g/mol. The first-order valence-corrected chi connectivity index (χ1v) is 4.68. The zero-order valence-corrected chi connectivity index (χ0v) is 9.71. The molecule has 17 heavy (non-hydrogen) atoms. The standard InChI is InChI=1S/C10H13FN2O3.ClH/c11-7-4-5(10(15)16)3-6(9(7)14)8(13)1-2-12;/h3-4,8,14H,1-2,12-13H2,(H,15,16);1H/t8-;/m1./s1. The van der Waals surface area contributed by atoms with E-state index in [0.717, 1.165) is 12.1 Å². The number of carboxylic acid groups (broad SMARTS) is 1. The fourth-order valence-corrected chi connectivity index (χ4v) is 1.36. The summed E-state index contributed by atoms with van der Waals surface area (Å²) in [4.78, 5) is 10.7. The van der Waals surface area contributed by atoms with E-state index in [1.54, 1.807) is 0 Å². The molecule has 7 heteroatoms. The monoisotopic (exact) mass is 264 g/mol. The van der Waals surface area contributed by atoms with Gasteiger partial charge in [-0.3, -0.25) is 0 Å². The van der Waals surface area contributed by atoms with Crippen molar-refractivity contribution < 1.29 is 19.4 Å². The Hall–Kier alpha value is -1.37. The second-order valence-electron chi connectivity index (χ2n) is 3.38. The number of aromatic carboxylic acids is 1. The number of carboxylic acids is 1. The fourth-order valence-electron chi connectivity index (χ4n) is 1.36. The van der Waals surface area contributed by atoms with E-state index < -0.39 is 23.6 Å². The summed E-state index contributed by atoms with van der Waals surface area (Å²) in [7, 11) is 0. The molecule has 0 aliphatic carbocycles. The maximum atomic E-state index is 13.2. The van der Waals surface area contributed by atoms with Crippen molar-refractivity contribution in [1.82, 2.24) is 0 Å². The largest absolute Gasteiger partial charge is 0.505 e. The molecular weight excluding hydrogens is 251 g/mol. The first-order chi connectivity index (χ1) is 7.47. The van der Waals surface area contributed by atoms with Gasteiger partial charge in [-0.25, -0.2) is 9.18 Å². The molecule has 5 nitrogen and oxygen atoms in total. The summed E-state index contributed by atoms with van der Waals surface area (Å²) in [6.45, 7) is 0.263. The zero-order chi connectivity index (χ0) is 12.3. The van der Waals surface area contributed by atoms with Crippen LogP contribution in [-0.2, 0) is 0 Å².